The fraction of sp³-hybridized carbons (Fsp3) is 0.308. The van der Waals surface area contributed by atoms with Crippen LogP contribution in [0.25, 0.3) is 12.2 Å². The first kappa shape index (κ1) is 10.9. The Morgan fingerprint density at radius 2 is 2.00 bits per heavy atom. The van der Waals surface area contributed by atoms with Crippen molar-refractivity contribution >= 4 is 17.8 Å². The van der Waals surface area contributed by atoms with Gasteiger partial charge in [-0.25, -0.2) is 4.98 Å². The fourth-order valence-electron chi connectivity index (χ4n) is 1.65. The van der Waals surface area contributed by atoms with Crippen LogP contribution in [0, 0.1) is 5.41 Å². The van der Waals surface area contributed by atoms with E-state index < -0.39 is 0 Å². The third-order valence-electron chi connectivity index (χ3n) is 2.71. The zero-order valence-electron chi connectivity index (χ0n) is 9.57. The van der Waals surface area contributed by atoms with Crippen molar-refractivity contribution in [3.8, 4) is 0 Å². The molecule has 1 aliphatic rings. The molecule has 3 N–H and O–H groups in total. The lowest BCUT2D eigenvalue weighted by Crippen LogP contribution is -2.01. The van der Waals surface area contributed by atoms with Crippen LogP contribution in [0.4, 0.5) is 5.69 Å². The number of fused-ring (bicyclic) bond motifs is 1. The van der Waals surface area contributed by atoms with Gasteiger partial charge in [0, 0.05) is 11.0 Å². The molecule has 0 unspecified atom stereocenters. The van der Waals surface area contributed by atoms with E-state index in [0.29, 0.717) is 11.4 Å². The molecule has 0 aromatic carbocycles. The third kappa shape index (κ3) is 1.99. The highest BCUT2D eigenvalue weighted by molar-refractivity contribution is 5.69. The summed E-state index contributed by atoms with van der Waals surface area (Å²) in [6, 6.07) is 1.86. The van der Waals surface area contributed by atoms with Gasteiger partial charge in [-0.2, -0.15) is 0 Å². The van der Waals surface area contributed by atoms with E-state index in [1.807, 2.05) is 18.2 Å². The summed E-state index contributed by atoms with van der Waals surface area (Å²) >= 11 is 0. The second-order valence-electron chi connectivity index (χ2n) is 4.64. The first-order valence-corrected chi connectivity index (χ1v) is 5.30. The molecule has 0 amide bonds. The molecule has 1 aromatic heterocycles. The molecule has 0 bridgehead atoms. The lowest BCUT2D eigenvalue weighted by atomic mass is 9.93. The lowest BCUT2D eigenvalue weighted by molar-refractivity contribution is 0.277. The van der Waals surface area contributed by atoms with Crippen molar-refractivity contribution in [1.29, 1.82) is 0 Å². The molecule has 16 heavy (non-hydrogen) atoms. The summed E-state index contributed by atoms with van der Waals surface area (Å²) in [7, 11) is 0. The molecular weight excluding hydrogens is 200 g/mol. The van der Waals surface area contributed by atoms with Gasteiger partial charge in [-0.3, -0.25) is 0 Å². The Balaban J connectivity index is 2.55. The van der Waals surface area contributed by atoms with Crippen LogP contribution in [0.3, 0.4) is 0 Å². The van der Waals surface area contributed by atoms with E-state index in [1.54, 1.807) is 0 Å². The van der Waals surface area contributed by atoms with Crippen molar-refractivity contribution < 1.29 is 5.11 Å². The molecule has 2 rings (SSSR count). The number of allylic oxidation sites excluding steroid dienone is 2. The number of hydrogen-bond donors (Lipinski definition) is 2. The van der Waals surface area contributed by atoms with Crippen LogP contribution < -0.4 is 5.73 Å². The van der Waals surface area contributed by atoms with E-state index in [4.69, 9.17) is 10.8 Å². The lowest BCUT2D eigenvalue weighted by Gasteiger charge is -2.11. The summed E-state index contributed by atoms with van der Waals surface area (Å²) in [4.78, 5) is 4.34. The summed E-state index contributed by atoms with van der Waals surface area (Å²) in [5, 5.41) is 9.11. The van der Waals surface area contributed by atoms with E-state index in [0.717, 1.165) is 11.3 Å². The van der Waals surface area contributed by atoms with Crippen molar-refractivity contribution in [2.24, 2.45) is 5.41 Å². The quantitative estimate of drug-likeness (QED) is 0.756. The zero-order chi connectivity index (χ0) is 11.8. The average Bonchev–Trinajstić information content (AvgIpc) is 2.38. The molecule has 84 valence electrons. The predicted molar refractivity (Wildman–Crippen MR) is 66.4 cm³/mol. The largest absolute Gasteiger partial charge is 0.397 e. The maximum Gasteiger partial charge on any atom is 0.0894 e. The smallest absolute Gasteiger partial charge is 0.0894 e. The highest BCUT2D eigenvalue weighted by atomic mass is 16.3. The topological polar surface area (TPSA) is 59.1 Å². The number of anilines is 1. The normalized spacial score (nSPS) is 16.9. The summed E-state index contributed by atoms with van der Waals surface area (Å²) in [5.74, 6) is 0. The van der Waals surface area contributed by atoms with Gasteiger partial charge in [0.05, 0.1) is 23.7 Å². The van der Waals surface area contributed by atoms with Crippen LogP contribution in [0.15, 0.2) is 18.2 Å². The molecule has 3 heteroatoms. The van der Waals surface area contributed by atoms with Gasteiger partial charge < -0.3 is 10.8 Å². The molecule has 1 aromatic rings. The van der Waals surface area contributed by atoms with Gasteiger partial charge in [0.2, 0.25) is 0 Å². The minimum absolute atomic E-state index is 0.0227. The summed E-state index contributed by atoms with van der Waals surface area (Å²) in [6.07, 6.45) is 8.22. The van der Waals surface area contributed by atoms with Gasteiger partial charge in [0.1, 0.15) is 0 Å². The van der Waals surface area contributed by atoms with Gasteiger partial charge in [0.15, 0.2) is 0 Å². The summed E-state index contributed by atoms with van der Waals surface area (Å²) < 4.78 is 0. The van der Waals surface area contributed by atoms with Crippen LogP contribution in [-0.4, -0.2) is 10.1 Å². The Morgan fingerprint density at radius 1 is 1.31 bits per heavy atom. The van der Waals surface area contributed by atoms with E-state index in [-0.39, 0.29) is 12.0 Å². The highest BCUT2D eigenvalue weighted by Gasteiger charge is 2.14. The molecule has 3 nitrogen and oxygen atoms in total. The first-order chi connectivity index (χ1) is 7.52. The van der Waals surface area contributed by atoms with Crippen molar-refractivity contribution in [2.45, 2.75) is 20.5 Å². The van der Waals surface area contributed by atoms with Gasteiger partial charge in [-0.1, -0.05) is 32.1 Å². The van der Waals surface area contributed by atoms with Crippen LogP contribution in [0.2, 0.25) is 0 Å². The average molecular weight is 216 g/mol. The first-order valence-electron chi connectivity index (χ1n) is 5.30. The zero-order valence-corrected chi connectivity index (χ0v) is 9.57. The molecule has 1 aliphatic carbocycles. The number of pyridine rings is 1. The Labute approximate surface area is 95.3 Å². The van der Waals surface area contributed by atoms with Gasteiger partial charge in [-0.15, -0.1) is 0 Å². The van der Waals surface area contributed by atoms with Gasteiger partial charge >= 0.3 is 0 Å². The number of nitrogens with two attached hydrogens (primary N) is 1. The predicted octanol–water partition coefficient (Wildman–Crippen LogP) is 2.22. The molecule has 0 saturated carbocycles. The SMILES string of the molecule is CC1(C)C=Cc2cc(N)c(CO)nc2C=C1. The van der Waals surface area contributed by atoms with Gasteiger partial charge in [0.25, 0.3) is 0 Å². The van der Waals surface area contributed by atoms with Crippen molar-refractivity contribution in [1.82, 2.24) is 4.98 Å². The highest BCUT2D eigenvalue weighted by Crippen LogP contribution is 2.28. The van der Waals surface area contributed by atoms with E-state index in [9.17, 15) is 0 Å². The molecule has 0 aliphatic heterocycles. The number of aliphatic hydroxyl groups is 1. The summed E-state index contributed by atoms with van der Waals surface area (Å²) in [6.45, 7) is 4.13. The van der Waals surface area contributed by atoms with Crippen molar-refractivity contribution in [3.63, 3.8) is 0 Å². The molecule has 0 spiro atoms. The second-order valence-corrected chi connectivity index (χ2v) is 4.64. The molecular formula is C13H16N2O. The molecule has 1 heterocycles. The Morgan fingerprint density at radius 3 is 2.69 bits per heavy atom. The number of hydrogen-bond acceptors (Lipinski definition) is 3. The Hall–Kier alpha value is -1.61. The second kappa shape index (κ2) is 3.76. The van der Waals surface area contributed by atoms with E-state index in [2.05, 4.69) is 31.0 Å². The van der Waals surface area contributed by atoms with E-state index >= 15 is 0 Å². The summed E-state index contributed by atoms with van der Waals surface area (Å²) in [5.41, 5.74) is 8.75. The number of rotatable bonds is 1. The number of aromatic nitrogens is 1. The maximum absolute atomic E-state index is 9.11. The van der Waals surface area contributed by atoms with Gasteiger partial charge in [-0.05, 0) is 12.1 Å². The number of nitrogens with zero attached hydrogens (tertiary/aromatic N) is 1. The minimum atomic E-state index is -0.125. The third-order valence-corrected chi connectivity index (χ3v) is 2.71. The monoisotopic (exact) mass is 216 g/mol. The van der Waals surface area contributed by atoms with E-state index in [1.165, 1.54) is 0 Å². The van der Waals surface area contributed by atoms with Crippen LogP contribution in [0.1, 0.15) is 30.8 Å². The molecule has 0 fully saturated rings. The maximum atomic E-state index is 9.11. The Bertz CT molecular complexity index is 473. The fourth-order valence-corrected chi connectivity index (χ4v) is 1.65. The minimum Gasteiger partial charge on any atom is -0.397 e. The van der Waals surface area contributed by atoms with Crippen LogP contribution in [0.5, 0.6) is 0 Å². The van der Waals surface area contributed by atoms with Crippen molar-refractivity contribution in [3.05, 3.63) is 35.2 Å². The van der Waals surface area contributed by atoms with Crippen LogP contribution in [-0.2, 0) is 6.61 Å². The Kier molecular flexibility index (Phi) is 2.56. The van der Waals surface area contributed by atoms with Crippen LogP contribution >= 0.6 is 0 Å². The standard InChI is InChI=1S/C13H16N2O/c1-13(2)5-3-9-7-10(14)12(8-16)15-11(9)4-6-13/h3-7,16H,8,14H2,1-2H3. The van der Waals surface area contributed by atoms with Crippen molar-refractivity contribution in [2.75, 3.05) is 5.73 Å². The molecule has 0 saturated heterocycles. The molecule has 0 atom stereocenters. The molecule has 0 radical (unpaired) electrons. The number of aliphatic hydroxyl groups excluding tert-OH is 1. The number of nitrogen functional groups attached to an aromatic ring is 1.